The van der Waals surface area contributed by atoms with E-state index in [2.05, 4.69) is 4.72 Å². The third-order valence-corrected chi connectivity index (χ3v) is 3.99. The smallest absolute Gasteiger partial charge is 0.302 e. The van der Waals surface area contributed by atoms with Gasteiger partial charge in [0.05, 0.1) is 23.2 Å². The SMILES string of the molecule is O=CC1CN(c2cccc([N+](=O)[O-])c2)S(=O)(=O)N1. The van der Waals surface area contributed by atoms with Crippen molar-refractivity contribution in [3.63, 3.8) is 0 Å². The summed E-state index contributed by atoms with van der Waals surface area (Å²) in [5, 5.41) is 10.6. The maximum Gasteiger partial charge on any atom is 0.302 e. The van der Waals surface area contributed by atoms with E-state index in [-0.39, 0.29) is 17.9 Å². The van der Waals surface area contributed by atoms with Crippen LogP contribution in [0.3, 0.4) is 0 Å². The summed E-state index contributed by atoms with van der Waals surface area (Å²) in [6, 6.07) is 4.38. The Morgan fingerprint density at radius 3 is 2.78 bits per heavy atom. The maximum atomic E-state index is 11.7. The van der Waals surface area contributed by atoms with Gasteiger partial charge in [0.25, 0.3) is 5.69 Å². The molecular formula is C9H9N3O5S. The summed E-state index contributed by atoms with van der Waals surface area (Å²) in [7, 11) is -3.81. The van der Waals surface area contributed by atoms with Gasteiger partial charge in [-0.2, -0.15) is 13.1 Å². The lowest BCUT2D eigenvalue weighted by Gasteiger charge is -2.15. The number of nitro benzene ring substituents is 1. The van der Waals surface area contributed by atoms with Crippen molar-refractivity contribution in [2.24, 2.45) is 0 Å². The monoisotopic (exact) mass is 271 g/mol. The van der Waals surface area contributed by atoms with E-state index in [0.29, 0.717) is 6.29 Å². The van der Waals surface area contributed by atoms with Crippen molar-refractivity contribution < 1.29 is 18.1 Å². The van der Waals surface area contributed by atoms with E-state index in [0.717, 1.165) is 10.4 Å². The van der Waals surface area contributed by atoms with Gasteiger partial charge in [0, 0.05) is 12.1 Å². The molecule has 0 aliphatic carbocycles. The molecule has 0 radical (unpaired) electrons. The summed E-state index contributed by atoms with van der Waals surface area (Å²) in [5.74, 6) is 0. The highest BCUT2D eigenvalue weighted by Gasteiger charge is 2.35. The van der Waals surface area contributed by atoms with E-state index in [1.165, 1.54) is 18.2 Å². The number of carbonyl (C=O) groups excluding carboxylic acids is 1. The standard InChI is InChI=1S/C9H9N3O5S/c13-6-7-5-11(18(16,17)10-7)8-2-1-3-9(4-8)12(14)15/h1-4,6-7,10H,5H2. The first-order valence-electron chi connectivity index (χ1n) is 4.94. The maximum absolute atomic E-state index is 11.7. The lowest BCUT2D eigenvalue weighted by Crippen LogP contribution is -2.30. The fourth-order valence-corrected chi connectivity index (χ4v) is 3.03. The van der Waals surface area contributed by atoms with Gasteiger partial charge in [-0.15, -0.1) is 0 Å². The van der Waals surface area contributed by atoms with Gasteiger partial charge in [-0.1, -0.05) is 6.07 Å². The van der Waals surface area contributed by atoms with E-state index in [1.807, 2.05) is 0 Å². The van der Waals surface area contributed by atoms with Gasteiger partial charge in [0.1, 0.15) is 6.29 Å². The first-order valence-corrected chi connectivity index (χ1v) is 6.38. The van der Waals surface area contributed by atoms with E-state index in [1.54, 1.807) is 0 Å². The number of hydrogen-bond donors (Lipinski definition) is 1. The highest BCUT2D eigenvalue weighted by molar-refractivity contribution is 7.91. The molecule has 0 amide bonds. The van der Waals surface area contributed by atoms with Crippen molar-refractivity contribution in [1.82, 2.24) is 4.72 Å². The molecule has 1 aromatic carbocycles. The second kappa shape index (κ2) is 4.35. The molecule has 1 saturated heterocycles. The predicted octanol–water partition coefficient (Wildman–Crippen LogP) is -0.183. The minimum absolute atomic E-state index is 0.0764. The lowest BCUT2D eigenvalue weighted by atomic mass is 10.2. The summed E-state index contributed by atoms with van der Waals surface area (Å²) >= 11 is 0. The number of non-ortho nitro benzene ring substituents is 1. The third-order valence-electron chi connectivity index (χ3n) is 2.45. The van der Waals surface area contributed by atoms with Crippen LogP contribution in [0.4, 0.5) is 11.4 Å². The molecule has 0 saturated carbocycles. The third kappa shape index (κ3) is 2.17. The normalized spacial score (nSPS) is 21.8. The molecule has 0 aromatic heterocycles. The minimum atomic E-state index is -3.81. The molecule has 1 fully saturated rings. The van der Waals surface area contributed by atoms with Gasteiger partial charge in [-0.05, 0) is 6.07 Å². The number of anilines is 1. The zero-order valence-corrected chi connectivity index (χ0v) is 9.83. The Hall–Kier alpha value is -2.00. The van der Waals surface area contributed by atoms with Crippen molar-refractivity contribution in [3.8, 4) is 0 Å². The topological polar surface area (TPSA) is 110 Å². The van der Waals surface area contributed by atoms with Gasteiger partial charge in [0.15, 0.2) is 0 Å². The molecule has 1 atom stereocenters. The molecule has 1 aliphatic rings. The van der Waals surface area contributed by atoms with Crippen molar-refractivity contribution in [2.75, 3.05) is 10.8 Å². The first kappa shape index (κ1) is 12.5. The number of hydrogen-bond acceptors (Lipinski definition) is 5. The molecule has 1 unspecified atom stereocenters. The van der Waals surface area contributed by atoms with Crippen LogP contribution >= 0.6 is 0 Å². The van der Waals surface area contributed by atoms with Crippen LogP contribution in [0.5, 0.6) is 0 Å². The summed E-state index contributed by atoms with van der Waals surface area (Å²) in [6.45, 7) is -0.0764. The Kier molecular flexibility index (Phi) is 3.01. The molecule has 8 nitrogen and oxygen atoms in total. The van der Waals surface area contributed by atoms with Crippen LogP contribution in [-0.2, 0) is 15.0 Å². The van der Waals surface area contributed by atoms with Gasteiger partial charge >= 0.3 is 10.2 Å². The Morgan fingerprint density at radius 2 is 2.22 bits per heavy atom. The van der Waals surface area contributed by atoms with Crippen molar-refractivity contribution >= 4 is 27.9 Å². The summed E-state index contributed by atoms with van der Waals surface area (Å²) in [4.78, 5) is 20.6. The molecule has 0 spiro atoms. The average Bonchev–Trinajstić information content (AvgIpc) is 2.64. The zero-order chi connectivity index (χ0) is 13.3. The summed E-state index contributed by atoms with van der Waals surface area (Å²) in [5.41, 5.74) is -0.0571. The molecule has 1 aromatic rings. The molecule has 9 heteroatoms. The minimum Gasteiger partial charge on any atom is -0.302 e. The fourth-order valence-electron chi connectivity index (χ4n) is 1.65. The van der Waals surface area contributed by atoms with Gasteiger partial charge in [-0.3, -0.25) is 14.4 Å². The number of aldehydes is 1. The number of nitrogens with zero attached hydrogens (tertiary/aromatic N) is 2. The second-order valence-corrected chi connectivity index (χ2v) is 5.30. The van der Waals surface area contributed by atoms with Crippen LogP contribution in [0.25, 0.3) is 0 Å². The molecular weight excluding hydrogens is 262 g/mol. The van der Waals surface area contributed by atoms with E-state index in [4.69, 9.17) is 0 Å². The van der Waals surface area contributed by atoms with Crippen molar-refractivity contribution in [1.29, 1.82) is 0 Å². The largest absolute Gasteiger partial charge is 0.302 e. The molecule has 1 aliphatic heterocycles. The summed E-state index contributed by atoms with van der Waals surface area (Å²) in [6.07, 6.45) is 0.481. The Morgan fingerprint density at radius 1 is 1.50 bits per heavy atom. The Labute approximate surface area is 103 Å². The van der Waals surface area contributed by atoms with Crippen molar-refractivity contribution in [2.45, 2.75) is 6.04 Å². The molecule has 1 N–H and O–H groups in total. The van der Waals surface area contributed by atoms with Crippen LogP contribution in [-0.4, -0.2) is 32.2 Å². The lowest BCUT2D eigenvalue weighted by molar-refractivity contribution is -0.384. The zero-order valence-electron chi connectivity index (χ0n) is 9.02. The molecule has 0 bridgehead atoms. The molecule has 18 heavy (non-hydrogen) atoms. The van der Waals surface area contributed by atoms with E-state index < -0.39 is 21.2 Å². The van der Waals surface area contributed by atoms with Crippen LogP contribution < -0.4 is 9.03 Å². The van der Waals surface area contributed by atoms with Gasteiger partial charge < -0.3 is 4.79 Å². The highest BCUT2D eigenvalue weighted by Crippen LogP contribution is 2.25. The van der Waals surface area contributed by atoms with Crippen LogP contribution in [0.2, 0.25) is 0 Å². The molecule has 2 rings (SSSR count). The number of rotatable bonds is 3. The Balaban J connectivity index is 2.40. The van der Waals surface area contributed by atoms with Crippen molar-refractivity contribution in [3.05, 3.63) is 34.4 Å². The number of benzene rings is 1. The average molecular weight is 271 g/mol. The fraction of sp³-hybridized carbons (Fsp3) is 0.222. The first-order chi connectivity index (χ1) is 8.44. The highest BCUT2D eigenvalue weighted by atomic mass is 32.2. The van der Waals surface area contributed by atoms with Crippen LogP contribution in [0.15, 0.2) is 24.3 Å². The molecule has 1 heterocycles. The Bertz CT molecular complexity index is 600. The van der Waals surface area contributed by atoms with Gasteiger partial charge in [-0.25, -0.2) is 0 Å². The van der Waals surface area contributed by atoms with Crippen LogP contribution in [0.1, 0.15) is 0 Å². The second-order valence-electron chi connectivity index (χ2n) is 3.67. The quantitative estimate of drug-likeness (QED) is 0.465. The summed E-state index contributed by atoms with van der Waals surface area (Å²) < 4.78 is 26.5. The number of nitro groups is 1. The predicted molar refractivity (Wildman–Crippen MR) is 62.3 cm³/mol. The molecule has 96 valence electrons. The van der Waals surface area contributed by atoms with E-state index in [9.17, 15) is 23.3 Å². The van der Waals surface area contributed by atoms with E-state index >= 15 is 0 Å². The van der Waals surface area contributed by atoms with Crippen LogP contribution in [0, 0.1) is 10.1 Å². The number of nitrogens with one attached hydrogen (secondary N) is 1. The van der Waals surface area contributed by atoms with Gasteiger partial charge in [0.2, 0.25) is 0 Å². The number of carbonyl (C=O) groups is 1.